The van der Waals surface area contributed by atoms with E-state index < -0.39 is 12.8 Å². The molecule has 1 heterocycles. The van der Waals surface area contributed by atoms with Crippen LogP contribution in [-0.2, 0) is 9.59 Å². The first-order valence-electron chi connectivity index (χ1n) is 6.52. The van der Waals surface area contributed by atoms with Crippen molar-refractivity contribution in [2.24, 2.45) is 0 Å². The fraction of sp³-hybridized carbons (Fsp3) is 0.429. The maximum atomic E-state index is 12.3. The van der Waals surface area contributed by atoms with Gasteiger partial charge in [-0.2, -0.15) is 13.2 Å². The van der Waals surface area contributed by atoms with E-state index in [0.29, 0.717) is 5.69 Å². The molecule has 1 unspecified atom stereocenters. The Kier molecular flexibility index (Phi) is 5.00. The van der Waals surface area contributed by atoms with Gasteiger partial charge in [-0.25, -0.2) is 0 Å². The van der Waals surface area contributed by atoms with Crippen molar-refractivity contribution in [2.45, 2.75) is 24.8 Å². The molecule has 120 valence electrons. The molecule has 1 aliphatic heterocycles. The molecule has 0 bridgehead atoms. The predicted molar refractivity (Wildman–Crippen MR) is 77.0 cm³/mol. The van der Waals surface area contributed by atoms with Crippen LogP contribution in [0.3, 0.4) is 0 Å². The molecule has 1 aliphatic rings. The highest BCUT2D eigenvalue weighted by Gasteiger charge is 2.34. The highest BCUT2D eigenvalue weighted by molar-refractivity contribution is 8.14. The van der Waals surface area contributed by atoms with Crippen molar-refractivity contribution >= 4 is 28.5 Å². The zero-order chi connectivity index (χ0) is 16.3. The van der Waals surface area contributed by atoms with Gasteiger partial charge in [0, 0.05) is 25.1 Å². The van der Waals surface area contributed by atoms with Gasteiger partial charge in [0.1, 0.15) is 5.75 Å². The van der Waals surface area contributed by atoms with E-state index >= 15 is 0 Å². The summed E-state index contributed by atoms with van der Waals surface area (Å²) in [6.45, 7) is 0.269. The highest BCUT2D eigenvalue weighted by Crippen LogP contribution is 2.35. The Labute approximate surface area is 129 Å². The number of alkyl halides is 3. The molecule has 0 aromatic heterocycles. The molecule has 0 spiro atoms. The number of hydrogen-bond acceptors (Lipinski definition) is 4. The fourth-order valence-electron chi connectivity index (χ4n) is 2.18. The van der Waals surface area contributed by atoms with Crippen LogP contribution in [0.15, 0.2) is 24.3 Å². The lowest BCUT2D eigenvalue weighted by molar-refractivity contribution is -0.153. The van der Waals surface area contributed by atoms with Crippen LogP contribution < -0.4 is 9.64 Å². The number of anilines is 1. The zero-order valence-corrected chi connectivity index (χ0v) is 12.5. The topological polar surface area (TPSA) is 46.6 Å². The fourth-order valence-corrected chi connectivity index (χ4v) is 3.10. The van der Waals surface area contributed by atoms with Crippen LogP contribution in [-0.4, -0.2) is 35.6 Å². The van der Waals surface area contributed by atoms with Crippen molar-refractivity contribution in [3.63, 3.8) is 0 Å². The molecule has 4 nitrogen and oxygen atoms in total. The number of benzene rings is 1. The van der Waals surface area contributed by atoms with E-state index in [1.807, 2.05) is 0 Å². The Morgan fingerprint density at radius 1 is 1.41 bits per heavy atom. The number of halogens is 3. The summed E-state index contributed by atoms with van der Waals surface area (Å²) in [6, 6.07) is 6.08. The SMILES string of the molecule is CC(=O)SC1CC(=O)N(c2ccccc2OCC(F)(F)F)C1. The number of hydrogen-bond donors (Lipinski definition) is 0. The van der Waals surface area contributed by atoms with Crippen LogP contribution in [0.25, 0.3) is 0 Å². The summed E-state index contributed by atoms with van der Waals surface area (Å²) in [7, 11) is 0. The van der Waals surface area contributed by atoms with E-state index in [9.17, 15) is 22.8 Å². The monoisotopic (exact) mass is 333 g/mol. The first-order valence-corrected chi connectivity index (χ1v) is 7.40. The van der Waals surface area contributed by atoms with E-state index in [-0.39, 0.29) is 35.0 Å². The third kappa shape index (κ3) is 4.40. The molecule has 1 saturated heterocycles. The minimum absolute atomic E-state index is 0.00153. The average molecular weight is 333 g/mol. The second kappa shape index (κ2) is 6.60. The Morgan fingerprint density at radius 3 is 2.73 bits per heavy atom. The number of carbonyl (C=O) groups excluding carboxylic acids is 2. The lowest BCUT2D eigenvalue weighted by Gasteiger charge is -2.20. The Bertz CT molecular complexity index is 577. The molecule has 2 rings (SSSR count). The van der Waals surface area contributed by atoms with Crippen molar-refractivity contribution in [2.75, 3.05) is 18.1 Å². The van der Waals surface area contributed by atoms with Gasteiger partial charge in [-0.15, -0.1) is 0 Å². The van der Waals surface area contributed by atoms with Gasteiger partial charge in [0.05, 0.1) is 5.69 Å². The summed E-state index contributed by atoms with van der Waals surface area (Å²) in [4.78, 5) is 24.5. The number of ether oxygens (including phenoxy) is 1. The largest absolute Gasteiger partial charge is 0.482 e. The first-order chi connectivity index (χ1) is 10.3. The summed E-state index contributed by atoms with van der Waals surface area (Å²) in [5.74, 6) is -0.233. The number of rotatable bonds is 4. The molecular weight excluding hydrogens is 319 g/mol. The number of carbonyl (C=O) groups is 2. The maximum Gasteiger partial charge on any atom is 0.422 e. The second-order valence-electron chi connectivity index (χ2n) is 4.81. The third-order valence-corrected chi connectivity index (χ3v) is 3.95. The summed E-state index contributed by atoms with van der Waals surface area (Å²) >= 11 is 1.07. The van der Waals surface area contributed by atoms with Crippen molar-refractivity contribution < 1.29 is 27.5 Å². The minimum atomic E-state index is -4.45. The molecular formula is C14H14F3NO3S. The molecule has 0 aliphatic carbocycles. The predicted octanol–water partition coefficient (Wildman–Crippen LogP) is 3.01. The van der Waals surface area contributed by atoms with Crippen molar-refractivity contribution in [3.05, 3.63) is 24.3 Å². The van der Waals surface area contributed by atoms with Gasteiger partial charge in [-0.05, 0) is 12.1 Å². The molecule has 1 fully saturated rings. The quantitative estimate of drug-likeness (QED) is 0.850. The standard InChI is InChI=1S/C14H14F3NO3S/c1-9(19)22-10-6-13(20)18(7-10)11-4-2-3-5-12(11)21-8-14(15,16)17/h2-5,10H,6-8H2,1H3. The van der Waals surface area contributed by atoms with E-state index in [4.69, 9.17) is 4.74 Å². The third-order valence-electron chi connectivity index (χ3n) is 2.97. The Balaban J connectivity index is 2.15. The van der Waals surface area contributed by atoms with Crippen LogP contribution in [0.1, 0.15) is 13.3 Å². The Morgan fingerprint density at radius 2 is 2.09 bits per heavy atom. The minimum Gasteiger partial charge on any atom is -0.482 e. The van der Waals surface area contributed by atoms with Crippen molar-refractivity contribution in [3.8, 4) is 5.75 Å². The number of para-hydroxylation sites is 2. The number of thioether (sulfide) groups is 1. The molecule has 22 heavy (non-hydrogen) atoms. The normalized spacial score (nSPS) is 18.6. The van der Waals surface area contributed by atoms with Gasteiger partial charge in [0.2, 0.25) is 5.91 Å². The average Bonchev–Trinajstić information content (AvgIpc) is 2.75. The molecule has 0 N–H and O–H groups in total. The molecule has 1 aromatic carbocycles. The lowest BCUT2D eigenvalue weighted by atomic mass is 10.2. The van der Waals surface area contributed by atoms with Gasteiger partial charge in [0.25, 0.3) is 0 Å². The van der Waals surface area contributed by atoms with Gasteiger partial charge in [-0.3, -0.25) is 9.59 Å². The number of amides is 1. The van der Waals surface area contributed by atoms with Crippen LogP contribution in [0.2, 0.25) is 0 Å². The van der Waals surface area contributed by atoms with E-state index in [1.165, 1.54) is 30.0 Å². The van der Waals surface area contributed by atoms with Gasteiger partial charge in [-0.1, -0.05) is 23.9 Å². The van der Waals surface area contributed by atoms with Crippen LogP contribution in [0.5, 0.6) is 5.75 Å². The van der Waals surface area contributed by atoms with Crippen LogP contribution >= 0.6 is 11.8 Å². The summed E-state index contributed by atoms with van der Waals surface area (Å²) in [5, 5.41) is -0.290. The molecule has 1 atom stereocenters. The molecule has 8 heteroatoms. The lowest BCUT2D eigenvalue weighted by Crippen LogP contribution is -2.26. The molecule has 1 amide bonds. The Hall–Kier alpha value is -1.70. The smallest absolute Gasteiger partial charge is 0.422 e. The maximum absolute atomic E-state index is 12.3. The van der Waals surface area contributed by atoms with Crippen LogP contribution in [0.4, 0.5) is 18.9 Å². The zero-order valence-electron chi connectivity index (χ0n) is 11.7. The molecule has 1 aromatic rings. The van der Waals surface area contributed by atoms with Gasteiger partial charge < -0.3 is 9.64 Å². The second-order valence-corrected chi connectivity index (χ2v) is 6.29. The summed E-state index contributed by atoms with van der Waals surface area (Å²) < 4.78 is 41.6. The number of nitrogens with zero attached hydrogens (tertiary/aromatic N) is 1. The van der Waals surface area contributed by atoms with E-state index in [2.05, 4.69) is 0 Å². The van der Waals surface area contributed by atoms with Crippen LogP contribution in [0, 0.1) is 0 Å². The van der Waals surface area contributed by atoms with Crippen molar-refractivity contribution in [1.29, 1.82) is 0 Å². The van der Waals surface area contributed by atoms with Crippen molar-refractivity contribution in [1.82, 2.24) is 0 Å². The summed E-state index contributed by atoms with van der Waals surface area (Å²) in [5.41, 5.74) is 0.295. The van der Waals surface area contributed by atoms with E-state index in [1.54, 1.807) is 6.07 Å². The summed E-state index contributed by atoms with van der Waals surface area (Å²) in [6.07, 6.45) is -4.27. The molecule has 0 radical (unpaired) electrons. The van der Waals surface area contributed by atoms with E-state index in [0.717, 1.165) is 11.8 Å². The van der Waals surface area contributed by atoms with Gasteiger partial charge in [0.15, 0.2) is 11.7 Å². The first kappa shape index (κ1) is 16.7. The molecule has 0 saturated carbocycles. The highest BCUT2D eigenvalue weighted by atomic mass is 32.2. The van der Waals surface area contributed by atoms with Gasteiger partial charge >= 0.3 is 6.18 Å².